The van der Waals surface area contributed by atoms with Crippen molar-refractivity contribution in [3.63, 3.8) is 0 Å². The van der Waals surface area contributed by atoms with Crippen molar-refractivity contribution in [3.8, 4) is 0 Å². The average molecular weight is 263 g/mol. The number of carbonyl (C=O) groups is 2. The van der Waals surface area contributed by atoms with Crippen molar-refractivity contribution in [2.75, 3.05) is 18.0 Å². The van der Waals surface area contributed by atoms with Gasteiger partial charge in [-0.1, -0.05) is 0 Å². The van der Waals surface area contributed by atoms with E-state index in [0.717, 1.165) is 24.5 Å². The Morgan fingerprint density at radius 3 is 2.58 bits per heavy atom. The first-order chi connectivity index (χ1) is 9.06. The smallest absolute Gasteiger partial charge is 0.376 e. The van der Waals surface area contributed by atoms with Crippen LogP contribution in [0.4, 0.5) is 10.5 Å². The molecule has 0 bridgehead atoms. The second-order valence-electron chi connectivity index (χ2n) is 4.66. The lowest BCUT2D eigenvalue weighted by Gasteiger charge is -2.32. The summed E-state index contributed by atoms with van der Waals surface area (Å²) in [6, 6.07) is 3.98. The molecule has 0 atom stereocenters. The topological polar surface area (TPSA) is 85.5 Å². The van der Waals surface area contributed by atoms with E-state index in [9.17, 15) is 9.59 Å². The molecular weight excluding hydrogens is 246 g/mol. The summed E-state index contributed by atoms with van der Waals surface area (Å²) >= 11 is 0. The number of rotatable bonds is 2. The molecule has 1 aliphatic rings. The van der Waals surface area contributed by atoms with Gasteiger partial charge >= 0.3 is 12.1 Å². The van der Waals surface area contributed by atoms with Crippen molar-refractivity contribution < 1.29 is 14.3 Å². The van der Waals surface area contributed by atoms with Crippen molar-refractivity contribution in [3.05, 3.63) is 24.0 Å². The second-order valence-corrected chi connectivity index (χ2v) is 4.66. The maximum absolute atomic E-state index is 11.5. The maximum atomic E-state index is 11.5. The van der Waals surface area contributed by atoms with Crippen LogP contribution < -0.4 is 10.6 Å². The maximum Gasteiger partial charge on any atom is 0.412 e. The summed E-state index contributed by atoms with van der Waals surface area (Å²) in [5.74, 6) is -0.767. The van der Waals surface area contributed by atoms with E-state index >= 15 is 0 Å². The number of nitrogens with two attached hydrogens (primary N) is 1. The van der Waals surface area contributed by atoms with Gasteiger partial charge in [0, 0.05) is 18.8 Å². The van der Waals surface area contributed by atoms with Crippen LogP contribution in [0.1, 0.15) is 18.5 Å². The van der Waals surface area contributed by atoms with E-state index in [4.69, 9.17) is 5.73 Å². The summed E-state index contributed by atoms with van der Waals surface area (Å²) in [6.45, 7) is 3.42. The Kier molecular flexibility index (Phi) is 3.99. The molecule has 1 aromatic rings. The molecule has 6 heteroatoms. The lowest BCUT2D eigenvalue weighted by atomic mass is 9.97. The minimum Gasteiger partial charge on any atom is -0.376 e. The fourth-order valence-corrected chi connectivity index (χ4v) is 2.20. The van der Waals surface area contributed by atoms with E-state index in [1.54, 1.807) is 0 Å². The van der Waals surface area contributed by atoms with Gasteiger partial charge in [-0.05, 0) is 31.9 Å². The van der Waals surface area contributed by atoms with Crippen LogP contribution in [0, 0.1) is 12.8 Å². The molecule has 6 nitrogen and oxygen atoms in total. The highest BCUT2D eigenvalue weighted by molar-refractivity contribution is 5.85. The number of esters is 1. The standard InChI is InChI=1S/C13H17N3O3/c1-9-2-3-11(8-15-9)16-6-4-10(5-7-16)12(17)19-13(14)18/h2-3,8,10H,4-7H2,1H3,(H2,14,18). The molecular formula is C13H17N3O3. The molecule has 0 saturated carbocycles. The van der Waals surface area contributed by atoms with Crippen molar-refractivity contribution in [2.24, 2.45) is 11.7 Å². The Balaban J connectivity index is 1.90. The largest absolute Gasteiger partial charge is 0.412 e. The van der Waals surface area contributed by atoms with Crippen LogP contribution in [-0.2, 0) is 9.53 Å². The van der Waals surface area contributed by atoms with Gasteiger partial charge in [-0.2, -0.15) is 0 Å². The molecule has 1 aliphatic heterocycles. The molecule has 1 saturated heterocycles. The molecule has 1 amide bonds. The zero-order chi connectivity index (χ0) is 13.8. The Morgan fingerprint density at radius 2 is 2.05 bits per heavy atom. The van der Waals surface area contributed by atoms with Crippen LogP contribution in [0.3, 0.4) is 0 Å². The highest BCUT2D eigenvalue weighted by Gasteiger charge is 2.27. The lowest BCUT2D eigenvalue weighted by molar-refractivity contribution is -0.142. The zero-order valence-electron chi connectivity index (χ0n) is 10.8. The van der Waals surface area contributed by atoms with Crippen LogP contribution in [0.25, 0.3) is 0 Å². The normalized spacial score (nSPS) is 16.2. The number of piperidine rings is 1. The SMILES string of the molecule is Cc1ccc(N2CCC(C(=O)OC(N)=O)CC2)cn1. The Morgan fingerprint density at radius 1 is 1.37 bits per heavy atom. The van der Waals surface area contributed by atoms with Gasteiger partial charge in [-0.3, -0.25) is 9.78 Å². The summed E-state index contributed by atoms with van der Waals surface area (Å²) in [4.78, 5) is 28.5. The van der Waals surface area contributed by atoms with Gasteiger partial charge in [-0.25, -0.2) is 4.79 Å². The summed E-state index contributed by atoms with van der Waals surface area (Å²) in [6.07, 6.45) is 2.10. The highest BCUT2D eigenvalue weighted by atomic mass is 16.6. The molecule has 19 heavy (non-hydrogen) atoms. The third kappa shape index (κ3) is 3.43. The lowest BCUT2D eigenvalue weighted by Crippen LogP contribution is -2.38. The number of pyridine rings is 1. The molecule has 2 heterocycles. The number of hydrogen-bond acceptors (Lipinski definition) is 5. The molecule has 2 rings (SSSR count). The fourth-order valence-electron chi connectivity index (χ4n) is 2.20. The van der Waals surface area contributed by atoms with Crippen molar-refractivity contribution in [1.29, 1.82) is 0 Å². The molecule has 0 aliphatic carbocycles. The third-order valence-electron chi connectivity index (χ3n) is 3.29. The van der Waals surface area contributed by atoms with E-state index in [1.807, 2.05) is 25.3 Å². The van der Waals surface area contributed by atoms with E-state index in [1.165, 1.54) is 0 Å². The first kappa shape index (κ1) is 13.3. The number of primary amides is 1. The van der Waals surface area contributed by atoms with Crippen LogP contribution >= 0.6 is 0 Å². The molecule has 1 aromatic heterocycles. The molecule has 1 fully saturated rings. The monoisotopic (exact) mass is 263 g/mol. The van der Waals surface area contributed by atoms with E-state index < -0.39 is 12.1 Å². The van der Waals surface area contributed by atoms with E-state index in [0.29, 0.717) is 12.8 Å². The second kappa shape index (κ2) is 5.69. The number of aromatic nitrogens is 1. The molecule has 0 radical (unpaired) electrons. The van der Waals surface area contributed by atoms with Gasteiger partial charge in [0.1, 0.15) is 0 Å². The van der Waals surface area contributed by atoms with Crippen LogP contribution in [-0.4, -0.2) is 30.1 Å². The first-order valence-corrected chi connectivity index (χ1v) is 6.25. The molecule has 0 aromatic carbocycles. The van der Waals surface area contributed by atoms with Gasteiger partial charge in [0.05, 0.1) is 17.8 Å². The summed E-state index contributed by atoms with van der Waals surface area (Å²) in [5, 5.41) is 0. The first-order valence-electron chi connectivity index (χ1n) is 6.25. The quantitative estimate of drug-likeness (QED) is 0.640. The average Bonchev–Trinajstić information content (AvgIpc) is 2.39. The Bertz CT molecular complexity index is 465. The van der Waals surface area contributed by atoms with Crippen LogP contribution in [0.2, 0.25) is 0 Å². The minimum atomic E-state index is -1.03. The van der Waals surface area contributed by atoms with Crippen LogP contribution in [0.5, 0.6) is 0 Å². The highest BCUT2D eigenvalue weighted by Crippen LogP contribution is 2.23. The Labute approximate surface area is 111 Å². The van der Waals surface area contributed by atoms with Crippen molar-refractivity contribution >= 4 is 17.7 Å². The zero-order valence-corrected chi connectivity index (χ0v) is 10.8. The van der Waals surface area contributed by atoms with Gasteiger partial charge in [0.15, 0.2) is 0 Å². The van der Waals surface area contributed by atoms with Crippen LogP contribution in [0.15, 0.2) is 18.3 Å². The van der Waals surface area contributed by atoms with Gasteiger partial charge in [0.2, 0.25) is 0 Å². The van der Waals surface area contributed by atoms with Crippen molar-refractivity contribution in [1.82, 2.24) is 4.98 Å². The van der Waals surface area contributed by atoms with Gasteiger partial charge in [0.25, 0.3) is 0 Å². The third-order valence-corrected chi connectivity index (χ3v) is 3.29. The molecule has 0 unspecified atom stereocenters. The number of ether oxygens (including phenoxy) is 1. The predicted octanol–water partition coefficient (Wildman–Crippen LogP) is 1.23. The number of anilines is 1. The fraction of sp³-hybridized carbons (Fsp3) is 0.462. The number of nitrogens with zero attached hydrogens (tertiary/aromatic N) is 2. The molecule has 2 N–H and O–H groups in total. The number of aryl methyl sites for hydroxylation is 1. The minimum absolute atomic E-state index is 0.248. The molecule has 0 spiro atoms. The van der Waals surface area contributed by atoms with Gasteiger partial charge < -0.3 is 15.4 Å². The van der Waals surface area contributed by atoms with Crippen molar-refractivity contribution in [2.45, 2.75) is 19.8 Å². The number of carbonyl (C=O) groups excluding carboxylic acids is 2. The van der Waals surface area contributed by atoms with E-state index in [2.05, 4.69) is 14.6 Å². The number of hydrogen-bond donors (Lipinski definition) is 1. The summed E-state index contributed by atoms with van der Waals surface area (Å²) in [7, 11) is 0. The molecule has 102 valence electrons. The number of amides is 1. The Hall–Kier alpha value is -2.11. The summed E-state index contributed by atoms with van der Waals surface area (Å²) in [5.41, 5.74) is 6.86. The van der Waals surface area contributed by atoms with Gasteiger partial charge in [-0.15, -0.1) is 0 Å². The van der Waals surface area contributed by atoms with E-state index in [-0.39, 0.29) is 5.92 Å². The predicted molar refractivity (Wildman–Crippen MR) is 69.6 cm³/mol. The summed E-state index contributed by atoms with van der Waals surface area (Å²) < 4.78 is 4.42.